The second kappa shape index (κ2) is 8.19. The molecule has 21 heavy (non-hydrogen) atoms. The molecule has 0 fully saturated rings. The van der Waals surface area contributed by atoms with E-state index in [4.69, 9.17) is 5.73 Å². The molecule has 6 nitrogen and oxygen atoms in total. The molecule has 0 aliphatic heterocycles. The predicted molar refractivity (Wildman–Crippen MR) is 87.7 cm³/mol. The summed E-state index contributed by atoms with van der Waals surface area (Å²) in [5.41, 5.74) is 5.53. The Balaban J connectivity index is 2.69. The van der Waals surface area contributed by atoms with Crippen LogP contribution >= 0.6 is 11.3 Å². The Morgan fingerprint density at radius 2 is 2.05 bits per heavy atom. The lowest BCUT2D eigenvalue weighted by molar-refractivity contribution is 0.0855. The number of hydrogen-bond donors (Lipinski definition) is 4. The Hall–Kier alpha value is -1.34. The molecule has 1 heterocycles. The van der Waals surface area contributed by atoms with Crippen LogP contribution in [0.3, 0.4) is 0 Å². The van der Waals surface area contributed by atoms with Crippen LogP contribution in [0.15, 0.2) is 0 Å². The number of nitrogens with one attached hydrogen (secondary N) is 2. The first-order chi connectivity index (χ1) is 10.0. The van der Waals surface area contributed by atoms with Gasteiger partial charge in [-0.2, -0.15) is 0 Å². The first-order valence-corrected chi connectivity index (χ1v) is 8.22. The van der Waals surface area contributed by atoms with Crippen LogP contribution in [0.2, 0.25) is 0 Å². The molecule has 1 rings (SSSR count). The molecule has 0 saturated heterocycles. The van der Waals surface area contributed by atoms with E-state index in [1.807, 2.05) is 13.8 Å². The Morgan fingerprint density at radius 1 is 1.38 bits per heavy atom. The Kier molecular flexibility index (Phi) is 6.91. The summed E-state index contributed by atoms with van der Waals surface area (Å²) in [6.07, 6.45) is 2.59. The minimum Gasteiger partial charge on any atom is -0.396 e. The fourth-order valence-electron chi connectivity index (χ4n) is 1.93. The van der Waals surface area contributed by atoms with Crippen molar-refractivity contribution in [2.24, 2.45) is 5.41 Å². The van der Waals surface area contributed by atoms with Crippen LogP contribution < -0.4 is 16.4 Å². The van der Waals surface area contributed by atoms with Gasteiger partial charge in [-0.15, -0.1) is 0 Å². The van der Waals surface area contributed by atoms with Crippen molar-refractivity contribution in [3.8, 4) is 0 Å². The molecule has 1 amide bonds. The van der Waals surface area contributed by atoms with E-state index in [0.29, 0.717) is 16.6 Å². The van der Waals surface area contributed by atoms with Gasteiger partial charge in [-0.1, -0.05) is 32.1 Å². The van der Waals surface area contributed by atoms with Crippen LogP contribution in [-0.4, -0.2) is 35.7 Å². The van der Waals surface area contributed by atoms with E-state index >= 15 is 0 Å². The molecule has 0 radical (unpaired) electrons. The van der Waals surface area contributed by atoms with Gasteiger partial charge in [0.15, 0.2) is 5.13 Å². The standard InChI is InChI=1S/C14H26N4O2S/c1-4-7-16-13-18-11(15)10(21-13)12(20)17-8-14(5-2,6-3)9-19/h19H,4-9,15H2,1-3H3,(H,16,18)(H,17,20). The van der Waals surface area contributed by atoms with E-state index in [0.717, 1.165) is 25.8 Å². The number of anilines is 2. The van der Waals surface area contributed by atoms with Crippen LogP contribution in [0.5, 0.6) is 0 Å². The van der Waals surface area contributed by atoms with Crippen molar-refractivity contribution in [2.75, 3.05) is 30.7 Å². The van der Waals surface area contributed by atoms with E-state index < -0.39 is 0 Å². The van der Waals surface area contributed by atoms with Crippen LogP contribution in [0.1, 0.15) is 49.7 Å². The van der Waals surface area contributed by atoms with Gasteiger partial charge in [0, 0.05) is 18.5 Å². The van der Waals surface area contributed by atoms with Crippen LogP contribution in [0.25, 0.3) is 0 Å². The fraction of sp³-hybridized carbons (Fsp3) is 0.714. The number of carbonyl (C=O) groups excluding carboxylic acids is 1. The summed E-state index contributed by atoms with van der Waals surface area (Å²) >= 11 is 1.26. The summed E-state index contributed by atoms with van der Waals surface area (Å²) in [7, 11) is 0. The topological polar surface area (TPSA) is 100 Å². The lowest BCUT2D eigenvalue weighted by Crippen LogP contribution is -2.39. The lowest BCUT2D eigenvalue weighted by Gasteiger charge is -2.29. The lowest BCUT2D eigenvalue weighted by atomic mass is 9.83. The van der Waals surface area contributed by atoms with E-state index in [1.165, 1.54) is 11.3 Å². The van der Waals surface area contributed by atoms with Gasteiger partial charge in [-0.25, -0.2) is 4.98 Å². The molecule has 1 aromatic heterocycles. The largest absolute Gasteiger partial charge is 0.396 e. The molecular weight excluding hydrogens is 288 g/mol. The second-order valence-electron chi connectivity index (χ2n) is 5.21. The molecule has 0 saturated carbocycles. The molecule has 120 valence electrons. The molecule has 5 N–H and O–H groups in total. The number of rotatable bonds is 9. The van der Waals surface area contributed by atoms with Crippen LogP contribution in [0.4, 0.5) is 10.9 Å². The predicted octanol–water partition coefficient (Wildman–Crippen LogP) is 2.08. The zero-order chi connectivity index (χ0) is 15.9. The Bertz CT molecular complexity index is 450. The third kappa shape index (κ3) is 4.57. The zero-order valence-electron chi connectivity index (χ0n) is 13.0. The summed E-state index contributed by atoms with van der Waals surface area (Å²) in [6.45, 7) is 7.38. The Labute approximate surface area is 130 Å². The van der Waals surface area contributed by atoms with Crippen molar-refractivity contribution >= 4 is 28.2 Å². The molecule has 0 aromatic carbocycles. The molecule has 0 aliphatic carbocycles. The molecule has 0 atom stereocenters. The zero-order valence-corrected chi connectivity index (χ0v) is 13.8. The van der Waals surface area contributed by atoms with Gasteiger partial charge in [-0.05, 0) is 19.3 Å². The molecule has 0 spiro atoms. The average molecular weight is 314 g/mol. The number of hydrogen-bond acceptors (Lipinski definition) is 6. The third-order valence-corrected chi connectivity index (χ3v) is 4.87. The van der Waals surface area contributed by atoms with Crippen LogP contribution in [-0.2, 0) is 0 Å². The highest BCUT2D eigenvalue weighted by Gasteiger charge is 2.27. The first kappa shape index (κ1) is 17.7. The van der Waals surface area contributed by atoms with Crippen molar-refractivity contribution in [1.29, 1.82) is 0 Å². The highest BCUT2D eigenvalue weighted by atomic mass is 32.1. The number of carbonyl (C=O) groups is 1. The van der Waals surface area contributed by atoms with E-state index in [9.17, 15) is 9.90 Å². The molecule has 7 heteroatoms. The van der Waals surface area contributed by atoms with E-state index in [2.05, 4.69) is 22.5 Å². The minimum atomic E-state index is -0.265. The number of nitrogen functional groups attached to an aromatic ring is 1. The Morgan fingerprint density at radius 3 is 2.57 bits per heavy atom. The van der Waals surface area contributed by atoms with Gasteiger partial charge in [0.2, 0.25) is 0 Å². The number of aliphatic hydroxyl groups is 1. The van der Waals surface area contributed by atoms with Crippen molar-refractivity contribution in [1.82, 2.24) is 10.3 Å². The van der Waals surface area contributed by atoms with Gasteiger partial charge < -0.3 is 21.5 Å². The van der Waals surface area contributed by atoms with Crippen molar-refractivity contribution in [3.05, 3.63) is 4.88 Å². The first-order valence-electron chi connectivity index (χ1n) is 7.41. The number of aliphatic hydroxyl groups excluding tert-OH is 1. The van der Waals surface area contributed by atoms with Crippen molar-refractivity contribution < 1.29 is 9.90 Å². The maximum atomic E-state index is 12.2. The monoisotopic (exact) mass is 314 g/mol. The molecule has 0 unspecified atom stereocenters. The summed E-state index contributed by atoms with van der Waals surface area (Å²) in [5, 5.41) is 16.2. The molecule has 0 bridgehead atoms. The minimum absolute atomic E-state index is 0.0573. The van der Waals surface area contributed by atoms with Gasteiger partial charge in [0.1, 0.15) is 10.7 Å². The summed E-state index contributed by atoms with van der Waals surface area (Å²) < 4.78 is 0. The summed E-state index contributed by atoms with van der Waals surface area (Å²) in [6, 6.07) is 0. The normalized spacial score (nSPS) is 11.4. The maximum absolute atomic E-state index is 12.2. The van der Waals surface area contributed by atoms with Crippen LogP contribution in [0, 0.1) is 5.41 Å². The number of thiazole rings is 1. The second-order valence-corrected chi connectivity index (χ2v) is 6.21. The van der Waals surface area contributed by atoms with Crippen molar-refractivity contribution in [3.63, 3.8) is 0 Å². The van der Waals surface area contributed by atoms with E-state index in [1.54, 1.807) is 0 Å². The molecule has 0 aliphatic rings. The average Bonchev–Trinajstić information content (AvgIpc) is 2.88. The summed E-state index contributed by atoms with van der Waals surface area (Å²) in [4.78, 5) is 16.8. The number of amides is 1. The SMILES string of the molecule is CCCNc1nc(N)c(C(=O)NCC(CC)(CC)CO)s1. The number of aromatic nitrogens is 1. The summed E-state index contributed by atoms with van der Waals surface area (Å²) in [5.74, 6) is 0.0213. The van der Waals surface area contributed by atoms with Crippen molar-refractivity contribution in [2.45, 2.75) is 40.0 Å². The number of nitrogens with zero attached hydrogens (tertiary/aromatic N) is 1. The maximum Gasteiger partial charge on any atom is 0.265 e. The highest BCUT2D eigenvalue weighted by molar-refractivity contribution is 7.18. The smallest absolute Gasteiger partial charge is 0.265 e. The third-order valence-electron chi connectivity index (χ3n) is 3.85. The number of nitrogens with two attached hydrogens (primary N) is 1. The van der Waals surface area contributed by atoms with E-state index in [-0.39, 0.29) is 23.7 Å². The van der Waals surface area contributed by atoms with Gasteiger partial charge in [0.25, 0.3) is 5.91 Å². The fourth-order valence-corrected chi connectivity index (χ4v) is 2.76. The molecule has 1 aromatic rings. The van der Waals surface area contributed by atoms with Gasteiger partial charge >= 0.3 is 0 Å². The van der Waals surface area contributed by atoms with Gasteiger partial charge in [0.05, 0.1) is 6.61 Å². The highest BCUT2D eigenvalue weighted by Crippen LogP contribution is 2.27. The molecular formula is C14H26N4O2S. The quantitative estimate of drug-likeness (QED) is 0.559. The van der Waals surface area contributed by atoms with Gasteiger partial charge in [-0.3, -0.25) is 4.79 Å².